The normalized spacial score (nSPS) is 19.7. The summed E-state index contributed by atoms with van der Waals surface area (Å²) >= 11 is 0. The summed E-state index contributed by atoms with van der Waals surface area (Å²) in [5.74, 6) is 1.37. The highest BCUT2D eigenvalue weighted by atomic mass is 127. The summed E-state index contributed by atoms with van der Waals surface area (Å²) in [6, 6.07) is 8.40. The molecule has 2 aliphatic heterocycles. The van der Waals surface area contributed by atoms with E-state index in [9.17, 15) is 0 Å². The standard InChI is InChI=1S/C21H35N5O3.HI/c1-27-19-5-3-18(4-6-19)20(26-11-15-29-16-12-26)17-24-21(22)23-7-2-8-25-9-13-28-14-10-25;/h3-6,20H,2,7-17H2,1H3,(H3,22,23,24);1H. The van der Waals surface area contributed by atoms with Gasteiger partial charge in [0.15, 0.2) is 5.96 Å². The molecule has 2 saturated heterocycles. The number of rotatable bonds is 9. The number of hydrogen-bond acceptors (Lipinski definition) is 6. The van der Waals surface area contributed by atoms with Crippen molar-refractivity contribution in [3.8, 4) is 5.75 Å². The van der Waals surface area contributed by atoms with Crippen LogP contribution in [0.4, 0.5) is 0 Å². The molecule has 1 aromatic carbocycles. The molecule has 1 atom stereocenters. The largest absolute Gasteiger partial charge is 0.497 e. The number of ether oxygens (including phenoxy) is 3. The molecule has 0 saturated carbocycles. The number of aliphatic imine (C=N–C) groups is 1. The number of nitrogens with two attached hydrogens (primary N) is 1. The summed E-state index contributed by atoms with van der Waals surface area (Å²) in [6.07, 6.45) is 1.04. The van der Waals surface area contributed by atoms with Crippen LogP contribution in [-0.4, -0.2) is 95.1 Å². The molecule has 1 unspecified atom stereocenters. The number of methoxy groups -OCH3 is 1. The molecule has 8 nitrogen and oxygen atoms in total. The van der Waals surface area contributed by atoms with E-state index >= 15 is 0 Å². The molecule has 30 heavy (non-hydrogen) atoms. The first kappa shape index (κ1) is 25.1. The second-order valence-electron chi connectivity index (χ2n) is 7.40. The zero-order valence-electron chi connectivity index (χ0n) is 17.9. The average Bonchev–Trinajstić information content (AvgIpc) is 2.79. The summed E-state index contributed by atoms with van der Waals surface area (Å²) in [5, 5.41) is 3.26. The zero-order valence-corrected chi connectivity index (χ0v) is 20.3. The Morgan fingerprint density at radius 2 is 1.73 bits per heavy atom. The van der Waals surface area contributed by atoms with Crippen molar-refractivity contribution in [3.63, 3.8) is 0 Å². The van der Waals surface area contributed by atoms with Gasteiger partial charge in [-0.2, -0.15) is 0 Å². The summed E-state index contributed by atoms with van der Waals surface area (Å²) in [5.41, 5.74) is 7.36. The molecule has 0 amide bonds. The van der Waals surface area contributed by atoms with E-state index < -0.39 is 0 Å². The van der Waals surface area contributed by atoms with Crippen LogP contribution >= 0.6 is 24.0 Å². The van der Waals surface area contributed by atoms with Gasteiger partial charge in [0.25, 0.3) is 0 Å². The van der Waals surface area contributed by atoms with Crippen LogP contribution < -0.4 is 15.8 Å². The van der Waals surface area contributed by atoms with Gasteiger partial charge >= 0.3 is 0 Å². The molecular weight excluding hydrogens is 497 g/mol. The molecule has 0 aliphatic carbocycles. The van der Waals surface area contributed by atoms with Crippen molar-refractivity contribution in [1.29, 1.82) is 0 Å². The summed E-state index contributed by atoms with van der Waals surface area (Å²) in [4.78, 5) is 9.48. The highest BCUT2D eigenvalue weighted by molar-refractivity contribution is 14.0. The Kier molecular flexibility index (Phi) is 11.7. The first-order valence-corrected chi connectivity index (χ1v) is 10.6. The van der Waals surface area contributed by atoms with Gasteiger partial charge in [-0.05, 0) is 30.7 Å². The Bertz CT molecular complexity index is 620. The number of guanidine groups is 1. The van der Waals surface area contributed by atoms with E-state index in [1.54, 1.807) is 7.11 Å². The summed E-state index contributed by atoms with van der Waals surface area (Å²) < 4.78 is 16.2. The monoisotopic (exact) mass is 533 g/mol. The van der Waals surface area contributed by atoms with Crippen molar-refractivity contribution in [3.05, 3.63) is 29.8 Å². The lowest BCUT2D eigenvalue weighted by atomic mass is 10.0. The first-order valence-electron chi connectivity index (χ1n) is 10.6. The van der Waals surface area contributed by atoms with E-state index in [-0.39, 0.29) is 30.0 Å². The van der Waals surface area contributed by atoms with Gasteiger partial charge in [-0.3, -0.25) is 14.8 Å². The van der Waals surface area contributed by atoms with Crippen LogP contribution in [0.25, 0.3) is 0 Å². The van der Waals surface area contributed by atoms with E-state index in [2.05, 4.69) is 32.2 Å². The second-order valence-corrected chi connectivity index (χ2v) is 7.40. The lowest BCUT2D eigenvalue weighted by Crippen LogP contribution is -2.41. The molecule has 3 N–H and O–H groups in total. The van der Waals surface area contributed by atoms with Gasteiger partial charge in [0.1, 0.15) is 5.75 Å². The number of morpholine rings is 2. The van der Waals surface area contributed by atoms with Gasteiger partial charge in [0.2, 0.25) is 0 Å². The van der Waals surface area contributed by atoms with Crippen molar-refractivity contribution in [2.24, 2.45) is 10.7 Å². The third-order valence-electron chi connectivity index (χ3n) is 5.48. The average molecular weight is 533 g/mol. The lowest BCUT2D eigenvalue weighted by Gasteiger charge is -2.34. The highest BCUT2D eigenvalue weighted by Crippen LogP contribution is 2.24. The van der Waals surface area contributed by atoms with Crippen LogP contribution in [-0.2, 0) is 9.47 Å². The molecule has 0 spiro atoms. The van der Waals surface area contributed by atoms with E-state index in [0.29, 0.717) is 12.5 Å². The quantitative estimate of drug-likeness (QED) is 0.214. The smallest absolute Gasteiger partial charge is 0.188 e. The van der Waals surface area contributed by atoms with E-state index in [1.807, 2.05) is 12.1 Å². The summed E-state index contributed by atoms with van der Waals surface area (Å²) in [7, 11) is 1.68. The molecule has 2 fully saturated rings. The molecule has 3 rings (SSSR count). The van der Waals surface area contributed by atoms with E-state index in [1.165, 1.54) is 5.56 Å². The first-order chi connectivity index (χ1) is 14.3. The molecule has 2 aliphatic rings. The van der Waals surface area contributed by atoms with Crippen molar-refractivity contribution < 1.29 is 14.2 Å². The Morgan fingerprint density at radius 3 is 2.37 bits per heavy atom. The minimum atomic E-state index is 0. The number of nitrogens with zero attached hydrogens (tertiary/aromatic N) is 3. The van der Waals surface area contributed by atoms with Crippen molar-refractivity contribution >= 4 is 29.9 Å². The van der Waals surface area contributed by atoms with Gasteiger partial charge in [0, 0.05) is 32.7 Å². The van der Waals surface area contributed by atoms with Crippen molar-refractivity contribution in [2.75, 3.05) is 79.4 Å². The minimum Gasteiger partial charge on any atom is -0.497 e. The number of halogens is 1. The zero-order chi connectivity index (χ0) is 20.3. The van der Waals surface area contributed by atoms with Crippen LogP contribution in [0, 0.1) is 0 Å². The molecule has 0 bridgehead atoms. The molecular formula is C21H36IN5O3. The Balaban J connectivity index is 0.00000320. The van der Waals surface area contributed by atoms with Crippen molar-refractivity contribution in [2.45, 2.75) is 12.5 Å². The van der Waals surface area contributed by atoms with Gasteiger partial charge in [0.05, 0.1) is 46.1 Å². The highest BCUT2D eigenvalue weighted by Gasteiger charge is 2.22. The van der Waals surface area contributed by atoms with Gasteiger partial charge in [-0.25, -0.2) is 0 Å². The lowest BCUT2D eigenvalue weighted by molar-refractivity contribution is 0.0179. The number of nitrogens with one attached hydrogen (secondary N) is 1. The third kappa shape index (κ3) is 8.18. The maximum absolute atomic E-state index is 6.14. The van der Waals surface area contributed by atoms with Crippen LogP contribution in [0.5, 0.6) is 5.75 Å². The fourth-order valence-electron chi connectivity index (χ4n) is 3.73. The Labute approximate surface area is 197 Å². The Morgan fingerprint density at radius 1 is 1.10 bits per heavy atom. The molecule has 2 heterocycles. The van der Waals surface area contributed by atoms with Gasteiger partial charge < -0.3 is 25.3 Å². The molecule has 0 radical (unpaired) electrons. The molecule has 0 aromatic heterocycles. The van der Waals surface area contributed by atoms with Gasteiger partial charge in [-0.15, -0.1) is 24.0 Å². The predicted molar refractivity (Wildman–Crippen MR) is 130 cm³/mol. The van der Waals surface area contributed by atoms with Crippen molar-refractivity contribution in [1.82, 2.24) is 15.1 Å². The fraction of sp³-hybridized carbons (Fsp3) is 0.667. The van der Waals surface area contributed by atoms with Gasteiger partial charge in [-0.1, -0.05) is 12.1 Å². The third-order valence-corrected chi connectivity index (χ3v) is 5.48. The summed E-state index contributed by atoms with van der Waals surface area (Å²) in [6.45, 7) is 9.55. The fourth-order valence-corrected chi connectivity index (χ4v) is 3.73. The van der Waals surface area contributed by atoms with E-state index in [0.717, 1.165) is 77.9 Å². The number of hydrogen-bond donors (Lipinski definition) is 2. The number of benzene rings is 1. The van der Waals surface area contributed by atoms with E-state index in [4.69, 9.17) is 19.9 Å². The SMILES string of the molecule is COc1ccc(C(CN=C(N)NCCCN2CCOCC2)N2CCOCC2)cc1.I. The van der Waals surface area contributed by atoms with Crippen LogP contribution in [0.2, 0.25) is 0 Å². The topological polar surface area (TPSA) is 84.6 Å². The van der Waals surface area contributed by atoms with Crippen LogP contribution in [0.15, 0.2) is 29.3 Å². The van der Waals surface area contributed by atoms with Crippen LogP contribution in [0.1, 0.15) is 18.0 Å². The predicted octanol–water partition coefficient (Wildman–Crippen LogP) is 1.31. The minimum absolute atomic E-state index is 0. The maximum atomic E-state index is 6.14. The Hall–Kier alpha value is -1.14. The maximum Gasteiger partial charge on any atom is 0.188 e. The molecule has 1 aromatic rings. The molecule has 170 valence electrons. The molecule has 9 heteroatoms. The second kappa shape index (κ2) is 14.0. The van der Waals surface area contributed by atoms with Crippen LogP contribution in [0.3, 0.4) is 0 Å².